The van der Waals surface area contributed by atoms with Gasteiger partial charge in [-0.05, 0) is 55.3 Å². The van der Waals surface area contributed by atoms with Crippen LogP contribution in [0.5, 0.6) is 0 Å². The summed E-state index contributed by atoms with van der Waals surface area (Å²) in [4.78, 5) is 63.1. The van der Waals surface area contributed by atoms with Gasteiger partial charge >= 0.3 is 5.97 Å². The van der Waals surface area contributed by atoms with Crippen LogP contribution in [0.25, 0.3) is 0 Å². The van der Waals surface area contributed by atoms with Crippen molar-refractivity contribution >= 4 is 46.9 Å². The van der Waals surface area contributed by atoms with Gasteiger partial charge in [0.15, 0.2) is 6.61 Å². The summed E-state index contributed by atoms with van der Waals surface area (Å²) < 4.78 is 5.00. The number of hydrogen-bond donors (Lipinski definition) is 2. The first kappa shape index (κ1) is 23.4. The van der Waals surface area contributed by atoms with Crippen molar-refractivity contribution in [2.75, 3.05) is 11.5 Å². The van der Waals surface area contributed by atoms with Crippen molar-refractivity contribution in [2.24, 2.45) is 11.8 Å². The molecule has 1 saturated carbocycles. The summed E-state index contributed by atoms with van der Waals surface area (Å²) in [5, 5.41) is 0.466. The second-order valence-corrected chi connectivity index (χ2v) is 8.58. The average molecular weight is 484 g/mol. The van der Waals surface area contributed by atoms with Gasteiger partial charge in [0.2, 0.25) is 11.8 Å². The summed E-state index contributed by atoms with van der Waals surface area (Å²) in [5.41, 5.74) is 5.03. The minimum Gasteiger partial charge on any atom is -0.452 e. The molecule has 176 valence electrons. The molecule has 4 amide bonds. The number of hydrazine groups is 1. The quantitative estimate of drug-likeness (QED) is 0.383. The Hall–Kier alpha value is -3.72. The van der Waals surface area contributed by atoms with Gasteiger partial charge in [0.25, 0.3) is 11.8 Å². The lowest BCUT2D eigenvalue weighted by atomic mass is 9.81. The second kappa shape index (κ2) is 10.0. The number of imide groups is 1. The number of anilines is 1. The Morgan fingerprint density at radius 3 is 2.21 bits per heavy atom. The number of ether oxygens (including phenoxy) is 1. The Bertz CT molecular complexity index is 1130. The standard InChI is InChI=1S/C24H22ClN3O6/c25-16-10-8-14(9-11-16)21(30)27-26-20(29)13-34-24(33)15-4-3-5-17(12-15)28-22(31)18-6-1-2-7-19(18)23(28)32/h3-5,8-12,18-19H,1-2,6-7,13H2,(H,26,29)(H,27,30)/t18-,19-/m1/s1. The minimum absolute atomic E-state index is 0.0889. The van der Waals surface area contributed by atoms with Crippen molar-refractivity contribution < 1.29 is 28.7 Å². The third-order valence-electron chi connectivity index (χ3n) is 5.94. The molecule has 0 unspecified atom stereocenters. The lowest BCUT2D eigenvalue weighted by Crippen LogP contribution is -2.43. The summed E-state index contributed by atoms with van der Waals surface area (Å²) in [6, 6.07) is 12.0. The van der Waals surface area contributed by atoms with Gasteiger partial charge in [0.05, 0.1) is 23.1 Å². The number of halogens is 1. The fourth-order valence-electron chi connectivity index (χ4n) is 4.24. The van der Waals surface area contributed by atoms with Crippen LogP contribution in [-0.4, -0.2) is 36.2 Å². The molecule has 1 heterocycles. The topological polar surface area (TPSA) is 122 Å². The highest BCUT2D eigenvalue weighted by Gasteiger charge is 2.48. The van der Waals surface area contributed by atoms with Crippen molar-refractivity contribution in [1.82, 2.24) is 10.9 Å². The number of nitrogens with one attached hydrogen (secondary N) is 2. The Morgan fingerprint density at radius 1 is 0.912 bits per heavy atom. The van der Waals surface area contributed by atoms with Gasteiger partial charge < -0.3 is 4.74 Å². The van der Waals surface area contributed by atoms with Gasteiger partial charge in [-0.2, -0.15) is 0 Å². The van der Waals surface area contributed by atoms with Crippen LogP contribution >= 0.6 is 11.6 Å². The van der Waals surface area contributed by atoms with Crippen LogP contribution in [0, 0.1) is 11.8 Å². The van der Waals surface area contributed by atoms with Crippen molar-refractivity contribution in [3.63, 3.8) is 0 Å². The zero-order chi connectivity index (χ0) is 24.2. The van der Waals surface area contributed by atoms with E-state index in [1.54, 1.807) is 12.1 Å². The third kappa shape index (κ3) is 4.94. The zero-order valence-electron chi connectivity index (χ0n) is 18.1. The molecule has 2 aromatic carbocycles. The minimum atomic E-state index is -0.808. The number of esters is 1. The van der Waals surface area contributed by atoms with E-state index in [0.717, 1.165) is 17.7 Å². The molecule has 1 saturated heterocycles. The fraction of sp³-hybridized carbons (Fsp3) is 0.292. The highest BCUT2D eigenvalue weighted by molar-refractivity contribution is 6.30. The Labute approximate surface area is 200 Å². The van der Waals surface area contributed by atoms with E-state index in [1.165, 1.54) is 36.4 Å². The van der Waals surface area contributed by atoms with E-state index in [0.29, 0.717) is 23.6 Å². The summed E-state index contributed by atoms with van der Waals surface area (Å²) in [7, 11) is 0. The lowest BCUT2D eigenvalue weighted by Gasteiger charge is -2.19. The fourth-order valence-corrected chi connectivity index (χ4v) is 4.37. The first-order valence-electron chi connectivity index (χ1n) is 10.8. The number of rotatable bonds is 5. The van der Waals surface area contributed by atoms with E-state index in [1.807, 2.05) is 0 Å². The van der Waals surface area contributed by atoms with Crippen molar-refractivity contribution in [2.45, 2.75) is 25.7 Å². The maximum absolute atomic E-state index is 12.8. The van der Waals surface area contributed by atoms with Crippen LogP contribution in [-0.2, 0) is 19.1 Å². The van der Waals surface area contributed by atoms with Gasteiger partial charge in [-0.25, -0.2) is 4.79 Å². The summed E-state index contributed by atoms with van der Waals surface area (Å²) >= 11 is 5.77. The zero-order valence-corrected chi connectivity index (χ0v) is 18.8. The van der Waals surface area contributed by atoms with Crippen molar-refractivity contribution in [1.29, 1.82) is 0 Å². The molecule has 2 atom stereocenters. The monoisotopic (exact) mass is 483 g/mol. The van der Waals surface area contributed by atoms with Crippen LogP contribution in [0.3, 0.4) is 0 Å². The number of nitrogens with zero attached hydrogens (tertiary/aromatic N) is 1. The summed E-state index contributed by atoms with van der Waals surface area (Å²) in [6.45, 7) is -0.643. The van der Waals surface area contributed by atoms with E-state index in [2.05, 4.69) is 10.9 Å². The number of carbonyl (C=O) groups excluding carboxylic acids is 5. The Kier molecular flexibility index (Phi) is 6.93. The average Bonchev–Trinajstić information content (AvgIpc) is 3.11. The van der Waals surface area contributed by atoms with E-state index in [-0.39, 0.29) is 34.8 Å². The van der Waals surface area contributed by atoms with Gasteiger partial charge in [-0.15, -0.1) is 0 Å². The van der Waals surface area contributed by atoms with Crippen molar-refractivity contribution in [3.8, 4) is 0 Å². The predicted octanol–water partition coefficient (Wildman–Crippen LogP) is 2.64. The molecule has 2 aromatic rings. The Morgan fingerprint density at radius 2 is 1.56 bits per heavy atom. The molecular formula is C24H22ClN3O6. The van der Waals surface area contributed by atoms with E-state index < -0.39 is 24.4 Å². The molecule has 2 fully saturated rings. The largest absolute Gasteiger partial charge is 0.452 e. The highest BCUT2D eigenvalue weighted by Crippen LogP contribution is 2.40. The molecule has 9 nitrogen and oxygen atoms in total. The van der Waals surface area contributed by atoms with Gasteiger partial charge in [0, 0.05) is 10.6 Å². The van der Waals surface area contributed by atoms with Crippen LogP contribution < -0.4 is 15.8 Å². The van der Waals surface area contributed by atoms with Crippen LogP contribution in [0.1, 0.15) is 46.4 Å². The smallest absolute Gasteiger partial charge is 0.338 e. The first-order chi connectivity index (χ1) is 16.3. The molecule has 0 bridgehead atoms. The molecule has 4 rings (SSSR count). The number of amides is 4. The SMILES string of the molecule is O=C(COC(=O)c1cccc(N2C(=O)[C@@H]3CCCC[C@H]3C2=O)c1)NNC(=O)c1ccc(Cl)cc1. The van der Waals surface area contributed by atoms with Crippen LogP contribution in [0.15, 0.2) is 48.5 Å². The molecule has 1 aliphatic heterocycles. The number of benzene rings is 2. The number of hydrogen-bond acceptors (Lipinski definition) is 6. The molecule has 2 N–H and O–H groups in total. The predicted molar refractivity (Wildman–Crippen MR) is 122 cm³/mol. The maximum Gasteiger partial charge on any atom is 0.338 e. The van der Waals surface area contributed by atoms with Gasteiger partial charge in [-0.3, -0.25) is 34.9 Å². The highest BCUT2D eigenvalue weighted by atomic mass is 35.5. The maximum atomic E-state index is 12.8. The van der Waals surface area contributed by atoms with E-state index in [9.17, 15) is 24.0 Å². The second-order valence-electron chi connectivity index (χ2n) is 8.14. The van der Waals surface area contributed by atoms with Crippen molar-refractivity contribution in [3.05, 3.63) is 64.7 Å². The number of fused-ring (bicyclic) bond motifs is 1. The van der Waals surface area contributed by atoms with Crippen LogP contribution in [0.2, 0.25) is 5.02 Å². The molecule has 0 radical (unpaired) electrons. The molecule has 0 aromatic heterocycles. The third-order valence-corrected chi connectivity index (χ3v) is 6.19. The molecule has 0 spiro atoms. The molecule has 1 aliphatic carbocycles. The Balaban J connectivity index is 1.32. The van der Waals surface area contributed by atoms with Gasteiger partial charge in [-0.1, -0.05) is 30.5 Å². The van der Waals surface area contributed by atoms with E-state index >= 15 is 0 Å². The molecule has 34 heavy (non-hydrogen) atoms. The van der Waals surface area contributed by atoms with Gasteiger partial charge in [0.1, 0.15) is 0 Å². The molecular weight excluding hydrogens is 462 g/mol. The normalized spacial score (nSPS) is 19.4. The van der Waals surface area contributed by atoms with E-state index in [4.69, 9.17) is 16.3 Å². The summed E-state index contributed by atoms with van der Waals surface area (Å²) in [5.74, 6) is -3.21. The first-order valence-corrected chi connectivity index (χ1v) is 11.2. The number of carbonyl (C=O) groups is 5. The summed E-state index contributed by atoms with van der Waals surface area (Å²) in [6.07, 6.45) is 3.22. The lowest BCUT2D eigenvalue weighted by molar-refractivity contribution is -0.125. The molecule has 10 heteroatoms. The molecule has 2 aliphatic rings. The van der Waals surface area contributed by atoms with Crippen LogP contribution in [0.4, 0.5) is 5.69 Å².